The van der Waals surface area contributed by atoms with Gasteiger partial charge in [-0.1, -0.05) is 18.2 Å². The SMILES string of the molecule is O=C1c2cccnc2C(=O)N1c1ccc(Oc2ccccc2)cc1. The number of ether oxygens (including phenoxy) is 1. The highest BCUT2D eigenvalue weighted by Crippen LogP contribution is 2.29. The zero-order chi connectivity index (χ0) is 16.5. The van der Waals surface area contributed by atoms with Gasteiger partial charge in [-0.25, -0.2) is 4.90 Å². The van der Waals surface area contributed by atoms with Crippen LogP contribution < -0.4 is 9.64 Å². The third-order valence-corrected chi connectivity index (χ3v) is 3.72. The Hall–Kier alpha value is -3.47. The first-order valence-electron chi connectivity index (χ1n) is 7.41. The van der Waals surface area contributed by atoms with Gasteiger partial charge >= 0.3 is 0 Å². The van der Waals surface area contributed by atoms with E-state index in [0.717, 1.165) is 10.6 Å². The summed E-state index contributed by atoms with van der Waals surface area (Å²) >= 11 is 0. The van der Waals surface area contributed by atoms with Gasteiger partial charge in [-0.2, -0.15) is 0 Å². The normalized spacial score (nSPS) is 13.1. The van der Waals surface area contributed by atoms with E-state index in [2.05, 4.69) is 4.98 Å². The highest BCUT2D eigenvalue weighted by Gasteiger charge is 2.37. The molecule has 0 spiro atoms. The van der Waals surface area contributed by atoms with Gasteiger partial charge in [0, 0.05) is 6.20 Å². The van der Waals surface area contributed by atoms with E-state index in [4.69, 9.17) is 4.74 Å². The van der Waals surface area contributed by atoms with Gasteiger partial charge in [0.15, 0.2) is 0 Å². The molecule has 0 aliphatic carbocycles. The minimum absolute atomic E-state index is 0.187. The number of carbonyl (C=O) groups excluding carboxylic acids is 2. The van der Waals surface area contributed by atoms with Crippen molar-refractivity contribution in [1.82, 2.24) is 4.98 Å². The smallest absolute Gasteiger partial charge is 0.284 e. The van der Waals surface area contributed by atoms with Crippen LogP contribution in [-0.4, -0.2) is 16.8 Å². The van der Waals surface area contributed by atoms with Crippen molar-refractivity contribution < 1.29 is 14.3 Å². The largest absolute Gasteiger partial charge is 0.457 e. The number of imide groups is 1. The van der Waals surface area contributed by atoms with Crippen LogP contribution >= 0.6 is 0 Å². The molecule has 0 fully saturated rings. The Labute approximate surface area is 138 Å². The number of anilines is 1. The number of fused-ring (bicyclic) bond motifs is 1. The number of para-hydroxylation sites is 1. The third-order valence-electron chi connectivity index (χ3n) is 3.72. The van der Waals surface area contributed by atoms with Crippen molar-refractivity contribution in [1.29, 1.82) is 0 Å². The molecule has 1 aliphatic rings. The summed E-state index contributed by atoms with van der Waals surface area (Å²) in [5.74, 6) is 0.571. The fourth-order valence-electron chi connectivity index (χ4n) is 2.59. The molecule has 3 aromatic rings. The zero-order valence-electron chi connectivity index (χ0n) is 12.5. The van der Waals surface area contributed by atoms with E-state index in [9.17, 15) is 9.59 Å². The van der Waals surface area contributed by atoms with E-state index in [1.165, 1.54) is 6.20 Å². The number of amides is 2. The summed E-state index contributed by atoms with van der Waals surface area (Å²) in [4.78, 5) is 29.9. The van der Waals surface area contributed by atoms with Crippen molar-refractivity contribution in [3.05, 3.63) is 84.2 Å². The number of hydrogen-bond acceptors (Lipinski definition) is 4. The van der Waals surface area contributed by atoms with E-state index in [1.807, 2.05) is 30.3 Å². The second-order valence-electron chi connectivity index (χ2n) is 5.25. The average Bonchev–Trinajstić information content (AvgIpc) is 2.88. The second kappa shape index (κ2) is 5.62. The second-order valence-corrected chi connectivity index (χ2v) is 5.25. The standard InChI is InChI=1S/C19H12N2O3/c22-18-16-7-4-12-20-17(16)19(23)21(18)13-8-10-15(11-9-13)24-14-5-2-1-3-6-14/h1-12H. The fraction of sp³-hybridized carbons (Fsp3) is 0. The number of pyridine rings is 1. The summed E-state index contributed by atoms with van der Waals surface area (Å²) < 4.78 is 5.71. The van der Waals surface area contributed by atoms with E-state index in [1.54, 1.807) is 36.4 Å². The van der Waals surface area contributed by atoms with Crippen molar-refractivity contribution in [2.24, 2.45) is 0 Å². The highest BCUT2D eigenvalue weighted by molar-refractivity contribution is 6.33. The Bertz CT molecular complexity index is 886. The van der Waals surface area contributed by atoms with Crippen molar-refractivity contribution in [3.63, 3.8) is 0 Å². The molecule has 0 radical (unpaired) electrons. The maximum Gasteiger partial charge on any atom is 0.284 e. The molecular weight excluding hydrogens is 304 g/mol. The first kappa shape index (κ1) is 14.1. The molecule has 0 atom stereocenters. The highest BCUT2D eigenvalue weighted by atomic mass is 16.5. The molecule has 2 heterocycles. The van der Waals surface area contributed by atoms with Crippen LogP contribution in [0.25, 0.3) is 0 Å². The number of aromatic nitrogens is 1. The van der Waals surface area contributed by atoms with Crippen LogP contribution in [0.1, 0.15) is 20.8 Å². The van der Waals surface area contributed by atoms with E-state index in [-0.39, 0.29) is 11.6 Å². The van der Waals surface area contributed by atoms with Gasteiger partial charge < -0.3 is 4.74 Å². The maximum absolute atomic E-state index is 12.4. The summed E-state index contributed by atoms with van der Waals surface area (Å²) in [6, 6.07) is 19.4. The molecule has 5 nitrogen and oxygen atoms in total. The lowest BCUT2D eigenvalue weighted by Crippen LogP contribution is -2.29. The van der Waals surface area contributed by atoms with Gasteiger partial charge in [0.1, 0.15) is 17.2 Å². The first-order chi connectivity index (χ1) is 11.7. The monoisotopic (exact) mass is 316 g/mol. The molecule has 0 saturated heterocycles. The van der Waals surface area contributed by atoms with Gasteiger partial charge in [-0.3, -0.25) is 14.6 Å². The van der Waals surface area contributed by atoms with E-state index in [0.29, 0.717) is 17.0 Å². The van der Waals surface area contributed by atoms with Crippen molar-refractivity contribution >= 4 is 17.5 Å². The molecular formula is C19H12N2O3. The number of carbonyl (C=O) groups is 2. The molecule has 0 N–H and O–H groups in total. The molecule has 0 saturated carbocycles. The summed E-state index contributed by atoms with van der Waals surface area (Å²) in [6.45, 7) is 0. The Morgan fingerprint density at radius 1 is 0.750 bits per heavy atom. The van der Waals surface area contributed by atoms with Gasteiger partial charge in [-0.05, 0) is 48.5 Å². The fourth-order valence-corrected chi connectivity index (χ4v) is 2.59. The molecule has 2 aromatic carbocycles. The lowest BCUT2D eigenvalue weighted by Gasteiger charge is -2.14. The predicted molar refractivity (Wildman–Crippen MR) is 88.3 cm³/mol. The van der Waals surface area contributed by atoms with E-state index < -0.39 is 5.91 Å². The Morgan fingerprint density at radius 3 is 2.17 bits per heavy atom. The molecule has 1 aliphatic heterocycles. The van der Waals surface area contributed by atoms with Crippen LogP contribution in [0.15, 0.2) is 72.9 Å². The van der Waals surface area contributed by atoms with Gasteiger partial charge in [-0.15, -0.1) is 0 Å². The van der Waals surface area contributed by atoms with Crippen molar-refractivity contribution in [2.45, 2.75) is 0 Å². The summed E-state index contributed by atoms with van der Waals surface area (Å²) in [5.41, 5.74) is 1.00. The number of benzene rings is 2. The molecule has 1 aromatic heterocycles. The maximum atomic E-state index is 12.4. The van der Waals surface area contributed by atoms with Crippen LogP contribution in [0.4, 0.5) is 5.69 Å². The zero-order valence-corrected chi connectivity index (χ0v) is 12.5. The van der Waals surface area contributed by atoms with Crippen LogP contribution in [0, 0.1) is 0 Å². The molecule has 0 unspecified atom stereocenters. The molecule has 2 amide bonds. The topological polar surface area (TPSA) is 59.5 Å². The number of hydrogen-bond donors (Lipinski definition) is 0. The summed E-state index contributed by atoms with van der Waals surface area (Å²) in [5, 5.41) is 0. The quantitative estimate of drug-likeness (QED) is 0.692. The minimum atomic E-state index is -0.410. The lowest BCUT2D eigenvalue weighted by atomic mass is 10.2. The van der Waals surface area contributed by atoms with Crippen molar-refractivity contribution in [3.8, 4) is 11.5 Å². The van der Waals surface area contributed by atoms with Crippen LogP contribution in [0.3, 0.4) is 0 Å². The van der Waals surface area contributed by atoms with Crippen LogP contribution in [-0.2, 0) is 0 Å². The first-order valence-corrected chi connectivity index (χ1v) is 7.41. The third kappa shape index (κ3) is 2.32. The Kier molecular flexibility index (Phi) is 3.31. The lowest BCUT2D eigenvalue weighted by molar-refractivity contribution is 0.0924. The molecule has 5 heteroatoms. The average molecular weight is 316 g/mol. The van der Waals surface area contributed by atoms with Crippen LogP contribution in [0.2, 0.25) is 0 Å². The molecule has 4 rings (SSSR count). The molecule has 0 bridgehead atoms. The summed E-state index contributed by atoms with van der Waals surface area (Å²) in [6.07, 6.45) is 1.50. The number of nitrogens with zero attached hydrogens (tertiary/aromatic N) is 2. The van der Waals surface area contributed by atoms with Gasteiger partial charge in [0.2, 0.25) is 0 Å². The molecule has 116 valence electrons. The summed E-state index contributed by atoms with van der Waals surface area (Å²) in [7, 11) is 0. The van der Waals surface area contributed by atoms with Crippen LogP contribution in [0.5, 0.6) is 11.5 Å². The Balaban J connectivity index is 1.60. The van der Waals surface area contributed by atoms with Gasteiger partial charge in [0.05, 0.1) is 11.3 Å². The van der Waals surface area contributed by atoms with Crippen molar-refractivity contribution in [2.75, 3.05) is 4.90 Å². The predicted octanol–water partition coefficient (Wildman–Crippen LogP) is 3.67. The number of rotatable bonds is 3. The van der Waals surface area contributed by atoms with Gasteiger partial charge in [0.25, 0.3) is 11.8 Å². The minimum Gasteiger partial charge on any atom is -0.457 e. The molecule has 24 heavy (non-hydrogen) atoms. The van der Waals surface area contributed by atoms with E-state index >= 15 is 0 Å². The Morgan fingerprint density at radius 2 is 1.46 bits per heavy atom.